The summed E-state index contributed by atoms with van der Waals surface area (Å²) in [7, 11) is 0. The average molecular weight is 358 g/mol. The smallest absolute Gasteiger partial charge is 0.0896 e. The van der Waals surface area contributed by atoms with Crippen molar-refractivity contribution in [3.05, 3.63) is 63.6 Å². The van der Waals surface area contributed by atoms with Crippen molar-refractivity contribution in [3.8, 4) is 0 Å². The van der Waals surface area contributed by atoms with Gasteiger partial charge in [-0.1, -0.05) is 45.8 Å². The molecule has 0 aliphatic carbocycles. The number of benzene rings is 2. The van der Waals surface area contributed by atoms with Gasteiger partial charge >= 0.3 is 0 Å². The van der Waals surface area contributed by atoms with E-state index in [0.29, 0.717) is 12.0 Å². The second-order valence-electron chi connectivity index (χ2n) is 6.37. The Bertz CT molecular complexity index is 700. The number of rotatable bonds is 1. The highest BCUT2D eigenvalue weighted by molar-refractivity contribution is 9.10. The Kier molecular flexibility index (Phi) is 3.71. The van der Waals surface area contributed by atoms with Gasteiger partial charge in [-0.3, -0.25) is 0 Å². The summed E-state index contributed by atoms with van der Waals surface area (Å²) < 4.78 is 7.30. The van der Waals surface area contributed by atoms with E-state index in [9.17, 15) is 0 Å². The number of anilines is 1. The van der Waals surface area contributed by atoms with Gasteiger partial charge in [0.2, 0.25) is 0 Å². The Morgan fingerprint density at radius 3 is 2.95 bits per heavy atom. The van der Waals surface area contributed by atoms with E-state index >= 15 is 0 Å². The second kappa shape index (κ2) is 5.71. The van der Waals surface area contributed by atoms with Crippen molar-refractivity contribution in [2.75, 3.05) is 11.9 Å². The molecule has 1 fully saturated rings. The summed E-state index contributed by atoms with van der Waals surface area (Å²) >= 11 is 3.59. The van der Waals surface area contributed by atoms with Gasteiger partial charge in [0.1, 0.15) is 0 Å². The van der Waals surface area contributed by atoms with E-state index in [1.165, 1.54) is 28.8 Å². The minimum Gasteiger partial charge on any atom is -0.378 e. The summed E-state index contributed by atoms with van der Waals surface area (Å²) in [6, 6.07) is 15.6. The molecule has 0 aromatic heterocycles. The van der Waals surface area contributed by atoms with E-state index in [-0.39, 0.29) is 6.10 Å². The molecule has 3 heteroatoms. The number of hydrogen-bond acceptors (Lipinski definition) is 2. The SMILES string of the molecule is Cc1cccc([C@@H]2Nc3ccc(Br)cc3[C@@H]3OCCC[C@H]23)c1. The largest absolute Gasteiger partial charge is 0.378 e. The van der Waals surface area contributed by atoms with Crippen LogP contribution >= 0.6 is 15.9 Å². The van der Waals surface area contributed by atoms with Gasteiger partial charge in [0.15, 0.2) is 0 Å². The molecule has 4 rings (SSSR count). The monoisotopic (exact) mass is 357 g/mol. The van der Waals surface area contributed by atoms with Crippen LogP contribution in [0, 0.1) is 12.8 Å². The number of nitrogens with one attached hydrogen (secondary N) is 1. The van der Waals surface area contributed by atoms with Crippen molar-refractivity contribution in [1.29, 1.82) is 0 Å². The molecule has 0 amide bonds. The summed E-state index contributed by atoms with van der Waals surface area (Å²) in [5.74, 6) is 0.498. The Morgan fingerprint density at radius 2 is 2.09 bits per heavy atom. The van der Waals surface area contributed by atoms with Gasteiger partial charge in [-0.15, -0.1) is 0 Å². The molecule has 2 aliphatic heterocycles. The molecule has 3 atom stereocenters. The summed E-state index contributed by atoms with van der Waals surface area (Å²) in [5, 5.41) is 3.77. The summed E-state index contributed by atoms with van der Waals surface area (Å²) in [6.07, 6.45) is 2.56. The highest BCUT2D eigenvalue weighted by atomic mass is 79.9. The second-order valence-corrected chi connectivity index (χ2v) is 7.28. The molecular weight excluding hydrogens is 338 g/mol. The zero-order valence-corrected chi connectivity index (χ0v) is 14.3. The first-order valence-corrected chi connectivity index (χ1v) is 8.76. The summed E-state index contributed by atoms with van der Waals surface area (Å²) in [4.78, 5) is 0. The van der Waals surface area contributed by atoms with Gasteiger partial charge in [-0.2, -0.15) is 0 Å². The van der Waals surface area contributed by atoms with Crippen LogP contribution in [-0.4, -0.2) is 6.61 Å². The molecule has 2 aromatic carbocycles. The fraction of sp³-hybridized carbons (Fsp3) is 0.368. The molecule has 2 heterocycles. The van der Waals surface area contributed by atoms with Crippen LogP contribution in [0.25, 0.3) is 0 Å². The molecule has 0 bridgehead atoms. The molecule has 1 saturated heterocycles. The van der Waals surface area contributed by atoms with Crippen LogP contribution in [-0.2, 0) is 4.74 Å². The number of aryl methyl sites for hydroxylation is 1. The maximum atomic E-state index is 6.18. The highest BCUT2D eigenvalue weighted by Gasteiger charge is 2.39. The number of halogens is 1. The third-order valence-corrected chi connectivity index (χ3v) is 5.32. The van der Waals surface area contributed by atoms with Crippen molar-refractivity contribution < 1.29 is 4.74 Å². The molecule has 2 aromatic rings. The van der Waals surface area contributed by atoms with Crippen LogP contribution in [0.5, 0.6) is 0 Å². The molecule has 1 N–H and O–H groups in total. The third-order valence-electron chi connectivity index (χ3n) is 4.83. The molecule has 2 aliphatic rings. The normalized spacial score (nSPS) is 26.7. The van der Waals surface area contributed by atoms with Crippen molar-refractivity contribution in [3.63, 3.8) is 0 Å². The zero-order valence-electron chi connectivity index (χ0n) is 12.7. The maximum Gasteiger partial charge on any atom is 0.0896 e. The lowest BCUT2D eigenvalue weighted by atomic mass is 9.77. The minimum absolute atomic E-state index is 0.202. The molecule has 22 heavy (non-hydrogen) atoms. The molecular formula is C19H20BrNO. The minimum atomic E-state index is 0.202. The van der Waals surface area contributed by atoms with Crippen LogP contribution in [0.15, 0.2) is 46.9 Å². The van der Waals surface area contributed by atoms with Crippen LogP contribution < -0.4 is 5.32 Å². The van der Waals surface area contributed by atoms with E-state index in [2.05, 4.69) is 70.6 Å². The van der Waals surface area contributed by atoms with Crippen molar-refractivity contribution in [1.82, 2.24) is 0 Å². The van der Waals surface area contributed by atoms with Crippen molar-refractivity contribution in [2.24, 2.45) is 5.92 Å². The molecule has 0 saturated carbocycles. The zero-order chi connectivity index (χ0) is 15.1. The van der Waals surface area contributed by atoms with Gasteiger partial charge in [0, 0.05) is 28.2 Å². The van der Waals surface area contributed by atoms with E-state index in [0.717, 1.165) is 17.5 Å². The van der Waals surface area contributed by atoms with Crippen LogP contribution in [0.2, 0.25) is 0 Å². The van der Waals surface area contributed by atoms with Crippen LogP contribution in [0.1, 0.15) is 41.7 Å². The van der Waals surface area contributed by atoms with Gasteiger partial charge in [-0.05, 0) is 43.5 Å². The Morgan fingerprint density at radius 1 is 1.18 bits per heavy atom. The van der Waals surface area contributed by atoms with E-state index in [1.54, 1.807) is 0 Å². The predicted molar refractivity (Wildman–Crippen MR) is 93.1 cm³/mol. The fourth-order valence-electron chi connectivity index (χ4n) is 3.84. The molecule has 114 valence electrons. The Hall–Kier alpha value is -1.32. The van der Waals surface area contributed by atoms with Gasteiger partial charge in [0.05, 0.1) is 12.1 Å². The first-order valence-electron chi connectivity index (χ1n) is 7.96. The first-order chi connectivity index (χ1) is 10.7. The summed E-state index contributed by atoms with van der Waals surface area (Å²) in [6.45, 7) is 3.03. The quantitative estimate of drug-likeness (QED) is 0.738. The van der Waals surface area contributed by atoms with Gasteiger partial charge in [0.25, 0.3) is 0 Å². The molecule has 0 spiro atoms. The van der Waals surface area contributed by atoms with E-state index < -0.39 is 0 Å². The average Bonchev–Trinajstić information content (AvgIpc) is 2.54. The van der Waals surface area contributed by atoms with E-state index in [4.69, 9.17) is 4.74 Å². The highest BCUT2D eigenvalue weighted by Crippen LogP contribution is 2.49. The van der Waals surface area contributed by atoms with Gasteiger partial charge < -0.3 is 10.1 Å². The maximum absolute atomic E-state index is 6.18. The van der Waals surface area contributed by atoms with Crippen LogP contribution in [0.3, 0.4) is 0 Å². The van der Waals surface area contributed by atoms with Crippen LogP contribution in [0.4, 0.5) is 5.69 Å². The standard InChI is InChI=1S/C19H20BrNO/c1-12-4-2-5-13(10-12)18-15-6-3-9-22-19(15)16-11-14(20)7-8-17(16)21-18/h2,4-5,7-8,10-11,15,18-19,21H,3,6,9H2,1H3/t15-,18+,19-/m1/s1. The lowest BCUT2D eigenvalue weighted by Gasteiger charge is -2.43. The van der Waals surface area contributed by atoms with Crippen molar-refractivity contribution >= 4 is 21.6 Å². The van der Waals surface area contributed by atoms with Crippen molar-refractivity contribution in [2.45, 2.75) is 31.9 Å². The Balaban J connectivity index is 1.79. The third kappa shape index (κ3) is 2.46. The molecule has 0 unspecified atom stereocenters. The number of hydrogen-bond donors (Lipinski definition) is 1. The first kappa shape index (κ1) is 14.3. The molecule has 0 radical (unpaired) electrons. The topological polar surface area (TPSA) is 21.3 Å². The lowest BCUT2D eigenvalue weighted by molar-refractivity contribution is -0.0381. The number of ether oxygens (including phenoxy) is 1. The van der Waals surface area contributed by atoms with Gasteiger partial charge in [-0.25, -0.2) is 0 Å². The number of fused-ring (bicyclic) bond motifs is 3. The summed E-state index contributed by atoms with van der Waals surface area (Å²) in [5.41, 5.74) is 5.18. The fourth-order valence-corrected chi connectivity index (χ4v) is 4.21. The lowest BCUT2D eigenvalue weighted by Crippen LogP contribution is -2.36. The van der Waals surface area contributed by atoms with E-state index in [1.807, 2.05) is 0 Å². The molecule has 2 nitrogen and oxygen atoms in total. The predicted octanol–water partition coefficient (Wildman–Crippen LogP) is 5.39. The Labute approximate surface area is 140 Å².